The number of benzene rings is 1. The van der Waals surface area contributed by atoms with E-state index in [-0.39, 0.29) is 28.7 Å². The molecule has 2 aromatic rings. The van der Waals surface area contributed by atoms with Gasteiger partial charge in [0.25, 0.3) is 0 Å². The van der Waals surface area contributed by atoms with Crippen LogP contribution in [0.2, 0.25) is 5.02 Å². The van der Waals surface area contributed by atoms with E-state index in [4.69, 9.17) is 16.1 Å². The van der Waals surface area contributed by atoms with Crippen LogP contribution in [0.15, 0.2) is 29.0 Å². The first-order chi connectivity index (χ1) is 11.3. The molecule has 0 radical (unpaired) electrons. The minimum atomic E-state index is -3.52. The third-order valence-corrected chi connectivity index (χ3v) is 6.13. The van der Waals surface area contributed by atoms with Gasteiger partial charge in [0.1, 0.15) is 6.26 Å². The van der Waals surface area contributed by atoms with E-state index in [1.165, 1.54) is 25.4 Å². The minimum absolute atomic E-state index is 0.0791. The number of rotatable bonds is 6. The molecule has 0 N–H and O–H groups in total. The van der Waals surface area contributed by atoms with Crippen LogP contribution in [0.1, 0.15) is 47.3 Å². The lowest BCUT2D eigenvalue weighted by Crippen LogP contribution is -2.29. The number of halogens is 1. The molecule has 0 spiro atoms. The van der Waals surface area contributed by atoms with Crippen LogP contribution < -0.4 is 4.31 Å². The quantitative estimate of drug-likeness (QED) is 0.731. The predicted molar refractivity (Wildman–Crippen MR) is 91.2 cm³/mol. The zero-order valence-corrected chi connectivity index (χ0v) is 14.9. The van der Waals surface area contributed by atoms with Crippen molar-refractivity contribution in [3.05, 3.63) is 46.3 Å². The van der Waals surface area contributed by atoms with Crippen LogP contribution in [-0.2, 0) is 10.0 Å². The van der Waals surface area contributed by atoms with E-state index in [0.717, 1.165) is 17.1 Å². The summed E-state index contributed by atoms with van der Waals surface area (Å²) in [6.45, 7) is 1.54. The van der Waals surface area contributed by atoms with E-state index in [1.54, 1.807) is 13.0 Å². The van der Waals surface area contributed by atoms with Crippen molar-refractivity contribution in [3.8, 4) is 0 Å². The Morgan fingerprint density at radius 3 is 2.71 bits per heavy atom. The largest absolute Gasteiger partial charge is 0.364 e. The molecule has 3 rings (SSSR count). The van der Waals surface area contributed by atoms with Crippen LogP contribution in [0.4, 0.5) is 5.69 Å². The van der Waals surface area contributed by atoms with Crippen molar-refractivity contribution in [3.63, 3.8) is 0 Å². The van der Waals surface area contributed by atoms with Gasteiger partial charge in [-0.3, -0.25) is 9.10 Å². The molecule has 1 aromatic heterocycles. The summed E-state index contributed by atoms with van der Waals surface area (Å²) >= 11 is 6.01. The lowest BCUT2D eigenvalue weighted by molar-refractivity contribution is 0.103. The van der Waals surface area contributed by atoms with Gasteiger partial charge in [0.05, 0.1) is 22.7 Å². The zero-order valence-electron chi connectivity index (χ0n) is 13.3. The van der Waals surface area contributed by atoms with Gasteiger partial charge in [-0.1, -0.05) is 16.8 Å². The van der Waals surface area contributed by atoms with E-state index in [0.29, 0.717) is 16.3 Å². The molecular formula is C16H17ClN2O4S. The van der Waals surface area contributed by atoms with Gasteiger partial charge in [0, 0.05) is 23.6 Å². The van der Waals surface area contributed by atoms with Gasteiger partial charge in [-0.2, -0.15) is 0 Å². The molecule has 1 aromatic carbocycles. The fourth-order valence-electron chi connectivity index (χ4n) is 2.51. The lowest BCUT2D eigenvalue weighted by atomic mass is 10.0. The number of aromatic nitrogens is 1. The Labute approximate surface area is 145 Å². The summed E-state index contributed by atoms with van der Waals surface area (Å²) in [5, 5.41) is 4.28. The Balaban J connectivity index is 2.07. The van der Waals surface area contributed by atoms with Gasteiger partial charge in [0.2, 0.25) is 10.0 Å². The highest BCUT2D eigenvalue weighted by Crippen LogP contribution is 2.41. The van der Waals surface area contributed by atoms with Gasteiger partial charge in [-0.25, -0.2) is 8.42 Å². The first kappa shape index (κ1) is 17.0. The van der Waals surface area contributed by atoms with E-state index in [2.05, 4.69) is 5.16 Å². The second-order valence-electron chi connectivity index (χ2n) is 5.75. The molecule has 1 aliphatic carbocycles. The van der Waals surface area contributed by atoms with Gasteiger partial charge in [-0.15, -0.1) is 0 Å². The number of carbonyl (C=O) groups is 1. The van der Waals surface area contributed by atoms with Crippen LogP contribution in [0, 0.1) is 0 Å². The molecule has 8 heteroatoms. The second kappa shape index (κ2) is 6.22. The SMILES string of the molecule is CCS(=O)(=O)N(C)c1cc(Cl)ccc1C(=O)c1conc1C1CC1. The fraction of sp³-hybridized carbons (Fsp3) is 0.375. The molecule has 1 heterocycles. The van der Waals surface area contributed by atoms with Crippen molar-refractivity contribution >= 4 is 33.1 Å². The number of nitrogens with zero attached hydrogens (tertiary/aromatic N) is 2. The summed E-state index contributed by atoms with van der Waals surface area (Å²) < 4.78 is 30.5. The Morgan fingerprint density at radius 1 is 1.38 bits per heavy atom. The standard InChI is InChI=1S/C16H17ClN2O4S/c1-3-24(21,22)19(2)14-8-11(17)6-7-12(14)16(20)13-9-23-18-15(13)10-4-5-10/h6-10H,3-5H2,1-2H3. The molecule has 0 atom stereocenters. The van der Waals surface area contributed by atoms with E-state index < -0.39 is 10.0 Å². The zero-order chi connectivity index (χ0) is 17.5. The van der Waals surface area contributed by atoms with Crippen molar-refractivity contribution in [1.29, 1.82) is 0 Å². The lowest BCUT2D eigenvalue weighted by Gasteiger charge is -2.21. The van der Waals surface area contributed by atoms with E-state index >= 15 is 0 Å². The van der Waals surface area contributed by atoms with Gasteiger partial charge < -0.3 is 4.52 Å². The predicted octanol–water partition coefficient (Wildman–Crippen LogP) is 3.22. The highest BCUT2D eigenvalue weighted by atomic mass is 35.5. The molecule has 1 aliphatic rings. The maximum Gasteiger partial charge on any atom is 0.234 e. The highest BCUT2D eigenvalue weighted by Gasteiger charge is 2.33. The van der Waals surface area contributed by atoms with Gasteiger partial charge in [0.15, 0.2) is 5.78 Å². The molecule has 0 saturated heterocycles. The van der Waals surface area contributed by atoms with Crippen LogP contribution in [0.25, 0.3) is 0 Å². The smallest absolute Gasteiger partial charge is 0.234 e. The number of sulfonamides is 1. The summed E-state index contributed by atoms with van der Waals surface area (Å²) in [6, 6.07) is 4.58. The molecule has 6 nitrogen and oxygen atoms in total. The van der Waals surface area contributed by atoms with Crippen molar-refractivity contribution in [2.45, 2.75) is 25.7 Å². The van der Waals surface area contributed by atoms with Crippen LogP contribution >= 0.6 is 11.6 Å². The van der Waals surface area contributed by atoms with Crippen molar-refractivity contribution < 1.29 is 17.7 Å². The topological polar surface area (TPSA) is 80.5 Å². The molecule has 1 saturated carbocycles. The minimum Gasteiger partial charge on any atom is -0.364 e. The first-order valence-electron chi connectivity index (χ1n) is 7.60. The maximum absolute atomic E-state index is 12.9. The average molecular weight is 369 g/mol. The third-order valence-electron chi connectivity index (χ3n) is 4.13. The number of ketones is 1. The number of carbonyl (C=O) groups excluding carboxylic acids is 1. The average Bonchev–Trinajstić information content (AvgIpc) is 3.30. The molecule has 1 fully saturated rings. The highest BCUT2D eigenvalue weighted by molar-refractivity contribution is 7.92. The number of anilines is 1. The van der Waals surface area contributed by atoms with Crippen molar-refractivity contribution in [2.75, 3.05) is 17.1 Å². The fourth-order valence-corrected chi connectivity index (χ4v) is 3.52. The van der Waals surface area contributed by atoms with Crippen LogP contribution in [0.3, 0.4) is 0 Å². The van der Waals surface area contributed by atoms with E-state index in [1.807, 2.05) is 0 Å². The maximum atomic E-state index is 12.9. The van der Waals surface area contributed by atoms with E-state index in [9.17, 15) is 13.2 Å². The molecule has 128 valence electrons. The molecular weight excluding hydrogens is 352 g/mol. The molecule has 0 aliphatic heterocycles. The van der Waals surface area contributed by atoms with Crippen molar-refractivity contribution in [1.82, 2.24) is 5.16 Å². The Bertz CT molecular complexity index is 887. The number of hydrogen-bond donors (Lipinski definition) is 0. The van der Waals surface area contributed by atoms with Gasteiger partial charge >= 0.3 is 0 Å². The normalized spacial score (nSPS) is 14.6. The summed E-state index contributed by atoms with van der Waals surface area (Å²) in [5.74, 6) is -0.150. The molecule has 0 bridgehead atoms. The molecule has 24 heavy (non-hydrogen) atoms. The monoisotopic (exact) mass is 368 g/mol. The summed E-state index contributed by atoms with van der Waals surface area (Å²) in [6.07, 6.45) is 3.28. The van der Waals surface area contributed by atoms with Crippen LogP contribution in [-0.4, -0.2) is 32.2 Å². The summed E-state index contributed by atoms with van der Waals surface area (Å²) in [4.78, 5) is 12.9. The third kappa shape index (κ3) is 3.06. The summed E-state index contributed by atoms with van der Waals surface area (Å²) in [5.41, 5.74) is 1.52. The summed E-state index contributed by atoms with van der Waals surface area (Å²) in [7, 11) is -2.11. The Hall–Kier alpha value is -1.86. The first-order valence-corrected chi connectivity index (χ1v) is 9.59. The number of hydrogen-bond acceptors (Lipinski definition) is 5. The Morgan fingerprint density at radius 2 is 2.08 bits per heavy atom. The second-order valence-corrected chi connectivity index (χ2v) is 8.47. The Kier molecular flexibility index (Phi) is 4.40. The molecule has 0 unspecified atom stereocenters. The van der Waals surface area contributed by atoms with Crippen LogP contribution in [0.5, 0.6) is 0 Å². The van der Waals surface area contributed by atoms with Crippen molar-refractivity contribution in [2.24, 2.45) is 0 Å². The van der Waals surface area contributed by atoms with Gasteiger partial charge in [-0.05, 0) is 38.0 Å². The molecule has 0 amide bonds.